The molecule has 3 aromatic carbocycles. The van der Waals surface area contributed by atoms with Crippen molar-refractivity contribution in [1.82, 2.24) is 19.7 Å². The zero-order valence-electron chi connectivity index (χ0n) is 24.8. The fourth-order valence-corrected chi connectivity index (χ4v) is 5.41. The molecule has 7 heteroatoms. The molecule has 41 heavy (non-hydrogen) atoms. The average molecular weight is 573 g/mol. The number of carbonyl (C=O) groups excluding carboxylic acids is 1. The van der Waals surface area contributed by atoms with Crippen LogP contribution < -0.4 is 0 Å². The molecule has 5 nitrogen and oxygen atoms in total. The lowest BCUT2D eigenvalue weighted by atomic mass is 9.87. The van der Waals surface area contributed by atoms with Gasteiger partial charge in [0.1, 0.15) is 16.5 Å². The Morgan fingerprint density at radius 3 is 1.95 bits per heavy atom. The van der Waals surface area contributed by atoms with E-state index in [0.29, 0.717) is 38.4 Å². The van der Waals surface area contributed by atoms with E-state index in [1.165, 1.54) is 34.6 Å². The summed E-state index contributed by atoms with van der Waals surface area (Å²) in [5.74, 6) is -0.295. The van der Waals surface area contributed by atoms with Crippen LogP contribution in [0.5, 0.6) is 0 Å². The zero-order valence-corrected chi connectivity index (χ0v) is 25.6. The van der Waals surface area contributed by atoms with Crippen molar-refractivity contribution < 1.29 is 9.18 Å². The monoisotopic (exact) mass is 572 g/mol. The van der Waals surface area contributed by atoms with Crippen LogP contribution in [0.15, 0.2) is 84.2 Å². The van der Waals surface area contributed by atoms with Gasteiger partial charge in [0.15, 0.2) is 0 Å². The molecule has 0 aliphatic heterocycles. The Hall–Kier alpha value is -3.39. The largest absolute Gasteiger partial charge is 0.332 e. The lowest BCUT2D eigenvalue weighted by Crippen LogP contribution is -2.36. The van der Waals surface area contributed by atoms with E-state index in [9.17, 15) is 9.18 Å². The molecule has 1 amide bonds. The Morgan fingerprint density at radius 1 is 0.780 bits per heavy atom. The van der Waals surface area contributed by atoms with Gasteiger partial charge in [-0.25, -0.2) is 9.37 Å². The lowest BCUT2D eigenvalue weighted by molar-refractivity contribution is 0.0726. The van der Waals surface area contributed by atoms with E-state index in [-0.39, 0.29) is 17.1 Å². The van der Waals surface area contributed by atoms with Gasteiger partial charge < -0.3 is 9.80 Å². The number of hydrogen-bond acceptors (Lipinski definition) is 5. The smallest absolute Gasteiger partial charge is 0.273 e. The molecule has 4 aromatic rings. The fraction of sp³-hybridized carbons (Fsp3) is 0.353. The van der Waals surface area contributed by atoms with Crippen molar-refractivity contribution in [1.29, 1.82) is 0 Å². The zero-order chi connectivity index (χ0) is 29.4. The molecule has 0 fully saturated rings. The third-order valence-electron chi connectivity index (χ3n) is 7.00. The summed E-state index contributed by atoms with van der Waals surface area (Å²) in [6.07, 6.45) is 0. The van der Waals surface area contributed by atoms with E-state index in [2.05, 4.69) is 54.8 Å². The topological polar surface area (TPSA) is 39.7 Å². The number of rotatable bonds is 12. The molecule has 0 saturated heterocycles. The van der Waals surface area contributed by atoms with Crippen LogP contribution in [-0.4, -0.2) is 52.8 Å². The molecule has 0 spiro atoms. The first kappa shape index (κ1) is 30.6. The van der Waals surface area contributed by atoms with Crippen molar-refractivity contribution in [3.63, 3.8) is 0 Å². The Morgan fingerprint density at radius 2 is 1.37 bits per heavy atom. The van der Waals surface area contributed by atoms with E-state index in [4.69, 9.17) is 4.98 Å². The summed E-state index contributed by atoms with van der Waals surface area (Å²) in [6, 6.07) is 25.5. The maximum Gasteiger partial charge on any atom is 0.273 e. The Balaban J connectivity index is 1.51. The summed E-state index contributed by atoms with van der Waals surface area (Å²) >= 11 is 1.51. The second kappa shape index (κ2) is 14.0. The highest BCUT2D eigenvalue weighted by atomic mass is 32.1. The summed E-state index contributed by atoms with van der Waals surface area (Å²) in [6.45, 7) is 10.5. The maximum atomic E-state index is 13.6. The van der Waals surface area contributed by atoms with Crippen molar-refractivity contribution in [3.05, 3.63) is 123 Å². The van der Waals surface area contributed by atoms with Gasteiger partial charge >= 0.3 is 0 Å². The van der Waals surface area contributed by atoms with Crippen molar-refractivity contribution in [3.8, 4) is 0 Å². The molecule has 0 unspecified atom stereocenters. The molecule has 0 saturated carbocycles. The quantitative estimate of drug-likeness (QED) is 0.184. The Kier molecular flexibility index (Phi) is 10.4. The summed E-state index contributed by atoms with van der Waals surface area (Å²) in [5.41, 5.74) is 5.20. The summed E-state index contributed by atoms with van der Waals surface area (Å²) in [4.78, 5) is 24.6. The molecule has 0 radical (unpaired) electrons. The van der Waals surface area contributed by atoms with E-state index >= 15 is 0 Å². The molecule has 0 N–H and O–H groups in total. The number of halogens is 1. The molecule has 1 aromatic heterocycles. The molecular formula is C34H41FN4OS. The number of benzene rings is 3. The predicted octanol–water partition coefficient (Wildman–Crippen LogP) is 6.99. The maximum absolute atomic E-state index is 13.6. The van der Waals surface area contributed by atoms with Crippen LogP contribution in [0.25, 0.3) is 0 Å². The summed E-state index contributed by atoms with van der Waals surface area (Å²) in [7, 11) is 4.02. The van der Waals surface area contributed by atoms with Crippen molar-refractivity contribution in [2.45, 2.75) is 52.4 Å². The highest BCUT2D eigenvalue weighted by molar-refractivity contribution is 7.09. The van der Waals surface area contributed by atoms with Crippen LogP contribution in [-0.2, 0) is 31.6 Å². The minimum absolute atomic E-state index is 0.0546. The van der Waals surface area contributed by atoms with Crippen LogP contribution in [0.1, 0.15) is 58.5 Å². The van der Waals surface area contributed by atoms with Gasteiger partial charge in [0.2, 0.25) is 0 Å². The Bertz CT molecular complexity index is 1380. The minimum atomic E-state index is -0.240. The molecule has 0 aliphatic carbocycles. The van der Waals surface area contributed by atoms with Gasteiger partial charge in [-0.05, 0) is 53.9 Å². The van der Waals surface area contributed by atoms with Crippen molar-refractivity contribution >= 4 is 17.2 Å². The van der Waals surface area contributed by atoms with E-state index in [1.807, 2.05) is 66.8 Å². The fourth-order valence-electron chi connectivity index (χ4n) is 4.60. The van der Waals surface area contributed by atoms with Crippen LogP contribution in [0.4, 0.5) is 4.39 Å². The normalized spacial score (nSPS) is 11.8. The van der Waals surface area contributed by atoms with Gasteiger partial charge in [-0.2, -0.15) is 0 Å². The van der Waals surface area contributed by atoms with E-state index < -0.39 is 0 Å². The SMILES string of the molecule is CN(C)CCN(Cc1ccccc1)C(=O)c1csc(CN(Cc2ccc(F)cc2)Cc2ccc(C(C)(C)C)cc2)n1. The second-order valence-electron chi connectivity index (χ2n) is 11.9. The predicted molar refractivity (Wildman–Crippen MR) is 166 cm³/mol. The van der Waals surface area contributed by atoms with Crippen molar-refractivity contribution in [2.24, 2.45) is 0 Å². The number of amides is 1. The van der Waals surface area contributed by atoms with Crippen LogP contribution in [0.3, 0.4) is 0 Å². The highest BCUT2D eigenvalue weighted by Crippen LogP contribution is 2.24. The highest BCUT2D eigenvalue weighted by Gasteiger charge is 2.21. The molecule has 1 heterocycles. The summed E-state index contributed by atoms with van der Waals surface area (Å²) in [5, 5.41) is 2.76. The van der Waals surface area contributed by atoms with Gasteiger partial charge in [-0.3, -0.25) is 9.69 Å². The van der Waals surface area contributed by atoms with Gasteiger partial charge in [-0.1, -0.05) is 87.5 Å². The number of aromatic nitrogens is 1. The Labute approximate surface area is 248 Å². The third-order valence-corrected chi connectivity index (χ3v) is 7.83. The first-order valence-electron chi connectivity index (χ1n) is 14.1. The van der Waals surface area contributed by atoms with Crippen LogP contribution in [0.2, 0.25) is 0 Å². The van der Waals surface area contributed by atoms with Gasteiger partial charge in [0.25, 0.3) is 5.91 Å². The van der Waals surface area contributed by atoms with Gasteiger partial charge in [0.05, 0.1) is 6.54 Å². The molecular weight excluding hydrogens is 531 g/mol. The number of nitrogens with zero attached hydrogens (tertiary/aromatic N) is 4. The van der Waals surface area contributed by atoms with E-state index in [1.54, 1.807) is 0 Å². The number of carbonyl (C=O) groups is 1. The second-order valence-corrected chi connectivity index (χ2v) is 12.8. The number of thiazole rings is 1. The molecule has 0 atom stereocenters. The first-order valence-corrected chi connectivity index (χ1v) is 14.9. The van der Waals surface area contributed by atoms with Crippen LogP contribution in [0, 0.1) is 5.82 Å². The minimum Gasteiger partial charge on any atom is -0.332 e. The average Bonchev–Trinajstić information content (AvgIpc) is 3.40. The molecule has 4 rings (SSSR count). The first-order chi connectivity index (χ1) is 19.6. The van der Waals surface area contributed by atoms with Gasteiger partial charge in [-0.15, -0.1) is 11.3 Å². The molecule has 0 bridgehead atoms. The van der Waals surface area contributed by atoms with Crippen LogP contribution >= 0.6 is 11.3 Å². The van der Waals surface area contributed by atoms with Crippen molar-refractivity contribution in [2.75, 3.05) is 27.2 Å². The number of likely N-dealkylation sites (N-methyl/N-ethyl adjacent to an activating group) is 1. The van der Waals surface area contributed by atoms with E-state index in [0.717, 1.165) is 22.7 Å². The molecule has 216 valence electrons. The lowest BCUT2D eigenvalue weighted by Gasteiger charge is -2.24. The molecule has 0 aliphatic rings. The number of hydrogen-bond donors (Lipinski definition) is 0. The third kappa shape index (κ3) is 9.32. The summed E-state index contributed by atoms with van der Waals surface area (Å²) < 4.78 is 13.6. The standard InChI is InChI=1S/C34H41FN4OS/c1-34(2,3)29-15-11-27(12-16-29)21-38(22-28-13-17-30(35)18-14-28)24-32-36-31(25-41-32)33(40)39(20-19-37(4)5)23-26-9-7-6-8-10-26/h6-18,25H,19-24H2,1-5H3. The van der Waals surface area contributed by atoms with Gasteiger partial charge in [0, 0.05) is 38.1 Å².